The SMILES string of the molecule is CCCCCc1c(CCCCC2C=C3C(O)=CC2CC2CC(=O)CCc4ccc(OC)c(c4)OCc4c(C(O)O)cc5c(c(O)cc6c5c4C=CC6C)C(C#CO2)C(c2cccc(CCOCC)c2)CC3CNC(O)CC)cccc1NC(N)=NC. The highest BCUT2D eigenvalue weighted by Crippen LogP contribution is 2.51. The first-order valence-corrected chi connectivity index (χ1v) is 31.4. The van der Waals surface area contributed by atoms with Crippen LogP contribution in [0.3, 0.4) is 0 Å². The number of aromatic hydroxyl groups is 1. The summed E-state index contributed by atoms with van der Waals surface area (Å²) in [4.78, 5) is 18.7. The molecular formula is C72H90N4O10. The average molecular weight is 1170 g/mol. The van der Waals surface area contributed by atoms with Gasteiger partial charge in [-0.25, -0.2) is 0 Å². The number of ketones is 1. The molecule has 10 bridgehead atoms. The third-order valence-corrected chi connectivity index (χ3v) is 18.2. The first kappa shape index (κ1) is 63.4. The van der Waals surface area contributed by atoms with Crippen molar-refractivity contribution in [1.29, 1.82) is 0 Å². The minimum absolute atomic E-state index is 0.00976. The zero-order valence-corrected chi connectivity index (χ0v) is 51.2. The van der Waals surface area contributed by atoms with Gasteiger partial charge >= 0.3 is 0 Å². The van der Waals surface area contributed by atoms with E-state index in [0.29, 0.717) is 85.8 Å². The summed E-state index contributed by atoms with van der Waals surface area (Å²) in [5, 5.41) is 67.9. The summed E-state index contributed by atoms with van der Waals surface area (Å²) in [6.45, 7) is 9.53. The molecular weight excluding hydrogens is 1080 g/mol. The maximum atomic E-state index is 14.5. The number of aliphatic hydroxyl groups excluding tert-OH is 3. The summed E-state index contributed by atoms with van der Waals surface area (Å²) < 4.78 is 25.1. The number of aryl methyl sites for hydroxylation is 2. The van der Waals surface area contributed by atoms with Gasteiger partial charge in [-0.1, -0.05) is 107 Å². The normalized spacial score (nSPS) is 21.7. The van der Waals surface area contributed by atoms with Gasteiger partial charge in [0.2, 0.25) is 0 Å². The van der Waals surface area contributed by atoms with Gasteiger partial charge in [-0.2, -0.15) is 0 Å². The summed E-state index contributed by atoms with van der Waals surface area (Å²) in [6.07, 6.45) is 18.3. The molecule has 4 heterocycles. The molecule has 5 aromatic carbocycles. The van der Waals surface area contributed by atoms with E-state index in [-0.39, 0.29) is 60.1 Å². The molecule has 14 nitrogen and oxygen atoms in total. The third-order valence-electron chi connectivity index (χ3n) is 18.2. The number of Topliss-reactive ketones (excluding diaryl/α,β-unsaturated/α-hetero) is 1. The van der Waals surface area contributed by atoms with Gasteiger partial charge in [-0.15, -0.1) is 0 Å². The molecule has 2 aliphatic carbocycles. The number of nitrogens with two attached hydrogens (primary N) is 1. The van der Waals surface area contributed by atoms with Gasteiger partial charge < -0.3 is 55.5 Å². The van der Waals surface area contributed by atoms with Gasteiger partial charge in [0.1, 0.15) is 42.3 Å². The van der Waals surface area contributed by atoms with Crippen LogP contribution in [0.5, 0.6) is 17.2 Å². The van der Waals surface area contributed by atoms with Gasteiger partial charge in [-0.05, 0) is 175 Å². The number of phenolic OH excluding ortho intramolecular Hbond substituents is 1. The Hall–Kier alpha value is -7.12. The minimum Gasteiger partial charge on any atom is -0.508 e. The molecule has 9 N–H and O–H groups in total. The molecule has 6 aliphatic rings. The molecule has 86 heavy (non-hydrogen) atoms. The number of unbranched alkanes of at least 4 members (excludes halogenated alkanes) is 3. The van der Waals surface area contributed by atoms with Crippen LogP contribution in [-0.2, 0) is 46.6 Å². The Morgan fingerprint density at radius 2 is 1.76 bits per heavy atom. The number of carbonyl (C=O) groups excluding carboxylic acids is 1. The van der Waals surface area contributed by atoms with E-state index in [9.17, 15) is 30.3 Å². The molecule has 4 aliphatic heterocycles. The highest BCUT2D eigenvalue weighted by molar-refractivity contribution is 6.01. The molecule has 458 valence electrons. The van der Waals surface area contributed by atoms with Crippen molar-refractivity contribution in [3.8, 4) is 29.3 Å². The molecule has 0 radical (unpaired) electrons. The second kappa shape index (κ2) is 30.0. The standard InChI is InChI=1S/C72H90N4O10/c1-7-10-11-21-54-47(19-15-22-63(54)76-72(73)74-5)17-12-13-18-48-36-59-51(42-75-68(80)8-2)37-58(49-20-14-16-45(33-49)29-31-84-9-3)56-30-32-85-53(35-50(48)38-64(59)78)39-52(77)26-24-46-25-28-66(83-6)67(34-46)86-43-62-55-27-23-44(4)57-41-65(79)70(56)61(69(55)57)40-60(62)71(81)82/h14-16,19-20,22-23,25,27-28,33-34,36,38,40-41,44,48,50-51,53,56,58,68,71,75,78-82H,7-13,17-18,21,24,26,29,31,35,37,39,42-43H2,1-6H3,(H3,73,74,76). The van der Waals surface area contributed by atoms with Crippen molar-refractivity contribution < 1.29 is 49.3 Å². The number of aliphatic imine (C=N–C) groups is 1. The number of fused-ring (bicyclic) bond motifs is 8. The van der Waals surface area contributed by atoms with Crippen molar-refractivity contribution in [1.82, 2.24) is 5.32 Å². The lowest BCUT2D eigenvalue weighted by Crippen LogP contribution is -2.35. The fourth-order valence-electron chi connectivity index (χ4n) is 13.4. The average Bonchev–Trinajstić information content (AvgIpc) is 0.810. The first-order chi connectivity index (χ1) is 41.7. The zero-order valence-electron chi connectivity index (χ0n) is 51.2. The van der Waals surface area contributed by atoms with Crippen molar-refractivity contribution in [2.24, 2.45) is 28.5 Å². The molecule has 0 fully saturated rings. The number of rotatable bonds is 21. The number of nitrogens with zero attached hydrogens (tertiary/aromatic N) is 1. The monoisotopic (exact) mass is 1170 g/mol. The Morgan fingerprint density at radius 1 is 0.930 bits per heavy atom. The number of aliphatic hydroxyl groups is 4. The van der Waals surface area contributed by atoms with E-state index in [1.807, 2.05) is 62.4 Å². The number of hydrogen-bond acceptors (Lipinski definition) is 12. The van der Waals surface area contributed by atoms with Gasteiger partial charge in [0, 0.05) is 73.2 Å². The minimum atomic E-state index is -1.94. The zero-order chi connectivity index (χ0) is 60.9. The fraction of sp³-hybridized carbons (Fsp3) is 0.472. The van der Waals surface area contributed by atoms with E-state index >= 15 is 0 Å². The number of ether oxygens (including phenoxy) is 4. The quantitative estimate of drug-likeness (QED) is 0.0113. The van der Waals surface area contributed by atoms with E-state index < -0.39 is 36.4 Å². The highest BCUT2D eigenvalue weighted by atomic mass is 16.5. The predicted octanol–water partition coefficient (Wildman–Crippen LogP) is 12.8. The van der Waals surface area contributed by atoms with Crippen molar-refractivity contribution in [2.45, 2.75) is 167 Å². The van der Waals surface area contributed by atoms with Crippen LogP contribution in [0.2, 0.25) is 0 Å². The van der Waals surface area contributed by atoms with Crippen LogP contribution in [0, 0.1) is 29.8 Å². The van der Waals surface area contributed by atoms with Crippen molar-refractivity contribution in [3.05, 3.63) is 158 Å². The second-order valence-electron chi connectivity index (χ2n) is 23.9. The molecule has 11 rings (SSSR count). The number of hydrogen-bond donors (Lipinski definition) is 8. The molecule has 0 aromatic heterocycles. The van der Waals surface area contributed by atoms with Gasteiger partial charge in [-0.3, -0.25) is 15.1 Å². The summed E-state index contributed by atoms with van der Waals surface area (Å²) in [5.41, 5.74) is 16.2. The third kappa shape index (κ3) is 15.2. The smallest absolute Gasteiger partial charge is 0.192 e. The predicted molar refractivity (Wildman–Crippen MR) is 341 cm³/mol. The van der Waals surface area contributed by atoms with E-state index in [4.69, 9.17) is 24.7 Å². The highest BCUT2D eigenvalue weighted by Gasteiger charge is 2.38. The Kier molecular flexibility index (Phi) is 22.1. The van der Waals surface area contributed by atoms with Crippen molar-refractivity contribution in [2.75, 3.05) is 39.2 Å². The van der Waals surface area contributed by atoms with Crippen LogP contribution >= 0.6 is 0 Å². The van der Waals surface area contributed by atoms with Crippen LogP contribution in [0.4, 0.5) is 5.69 Å². The summed E-state index contributed by atoms with van der Waals surface area (Å²) in [7, 11) is 3.25. The van der Waals surface area contributed by atoms with Gasteiger partial charge in [0.15, 0.2) is 23.7 Å². The lowest BCUT2D eigenvalue weighted by molar-refractivity contribution is -0.121. The van der Waals surface area contributed by atoms with E-state index in [2.05, 4.69) is 84.0 Å². The van der Waals surface area contributed by atoms with E-state index in [0.717, 1.165) is 95.8 Å². The molecule has 0 amide bonds. The number of phenols is 1. The van der Waals surface area contributed by atoms with Crippen LogP contribution in [0.15, 0.2) is 107 Å². The van der Waals surface area contributed by atoms with Gasteiger partial charge in [0.25, 0.3) is 0 Å². The molecule has 14 heteroatoms. The molecule has 5 aromatic rings. The number of nitrogens with one attached hydrogen (secondary N) is 2. The number of carbonyl (C=O) groups is 1. The van der Waals surface area contributed by atoms with Crippen LogP contribution < -0.4 is 25.8 Å². The first-order valence-electron chi connectivity index (χ1n) is 31.4. The van der Waals surface area contributed by atoms with Crippen molar-refractivity contribution >= 4 is 34.3 Å². The maximum Gasteiger partial charge on any atom is 0.192 e. The lowest BCUT2D eigenvalue weighted by atomic mass is 9.70. The second-order valence-corrected chi connectivity index (χ2v) is 23.9. The largest absolute Gasteiger partial charge is 0.508 e. The van der Waals surface area contributed by atoms with Crippen molar-refractivity contribution in [3.63, 3.8) is 0 Å². The number of benzene rings is 5. The van der Waals surface area contributed by atoms with Gasteiger partial charge in [0.05, 0.1) is 19.6 Å². The summed E-state index contributed by atoms with van der Waals surface area (Å²) >= 11 is 0. The molecule has 0 saturated carbocycles. The Balaban J connectivity index is 1.22. The van der Waals surface area contributed by atoms with E-state index in [1.165, 1.54) is 11.1 Å². The number of methoxy groups -OCH3 is 1. The lowest BCUT2D eigenvalue weighted by Gasteiger charge is -2.35. The summed E-state index contributed by atoms with van der Waals surface area (Å²) in [5.74, 6) is 2.85. The fourth-order valence-corrected chi connectivity index (χ4v) is 13.4. The Labute approximate surface area is 508 Å². The molecule has 0 spiro atoms. The van der Waals surface area contributed by atoms with Crippen LogP contribution in [-0.4, -0.2) is 83.5 Å². The van der Waals surface area contributed by atoms with Crippen LogP contribution in [0.25, 0.3) is 16.8 Å². The number of anilines is 1. The molecule has 0 saturated heterocycles. The number of guanidine groups is 1. The molecule has 8 atom stereocenters. The van der Waals surface area contributed by atoms with Crippen LogP contribution in [0.1, 0.15) is 178 Å². The number of allylic oxidation sites excluding steroid dienone is 4. The summed E-state index contributed by atoms with van der Waals surface area (Å²) in [6, 6.07) is 24.0. The topological polar surface area (TPSA) is 218 Å². The molecule has 8 unspecified atom stereocenters. The maximum absolute atomic E-state index is 14.5. The Morgan fingerprint density at radius 3 is 2.53 bits per heavy atom. The van der Waals surface area contributed by atoms with E-state index in [1.54, 1.807) is 20.2 Å². The Bertz CT molecular complexity index is 3370.